The predicted molar refractivity (Wildman–Crippen MR) is 92.1 cm³/mol. The van der Waals surface area contributed by atoms with Crippen LogP contribution in [0.25, 0.3) is 0 Å². The monoisotopic (exact) mass is 311 g/mol. The SMILES string of the molecule is COC(=O)C1([Si](C)(C)c2ccccc2)CN1c1ccccc1. The lowest BCUT2D eigenvalue weighted by Gasteiger charge is -2.32. The molecule has 114 valence electrons. The Labute approximate surface area is 132 Å². The number of carbonyl (C=O) groups is 1. The first-order valence-corrected chi connectivity index (χ1v) is 10.5. The van der Waals surface area contributed by atoms with Crippen molar-refractivity contribution < 1.29 is 9.53 Å². The van der Waals surface area contributed by atoms with Gasteiger partial charge in [0.15, 0.2) is 0 Å². The average molecular weight is 311 g/mol. The van der Waals surface area contributed by atoms with Gasteiger partial charge in [-0.05, 0) is 12.1 Å². The van der Waals surface area contributed by atoms with Crippen molar-refractivity contribution in [2.75, 3.05) is 18.6 Å². The summed E-state index contributed by atoms with van der Waals surface area (Å²) in [7, 11) is -0.587. The van der Waals surface area contributed by atoms with Crippen LogP contribution in [0.5, 0.6) is 0 Å². The van der Waals surface area contributed by atoms with Gasteiger partial charge in [-0.1, -0.05) is 66.8 Å². The molecule has 1 unspecified atom stereocenters. The summed E-state index contributed by atoms with van der Waals surface area (Å²) in [5, 5.41) is 0.767. The number of hydrogen-bond acceptors (Lipinski definition) is 3. The van der Waals surface area contributed by atoms with Gasteiger partial charge in [0.25, 0.3) is 0 Å². The van der Waals surface area contributed by atoms with Crippen LogP contribution in [0.3, 0.4) is 0 Å². The number of rotatable bonds is 4. The summed E-state index contributed by atoms with van der Waals surface area (Å²) < 4.78 is 5.19. The Hall–Kier alpha value is -2.07. The van der Waals surface area contributed by atoms with E-state index in [1.54, 1.807) is 0 Å². The summed E-state index contributed by atoms with van der Waals surface area (Å²) in [4.78, 5) is 14.9. The van der Waals surface area contributed by atoms with Crippen molar-refractivity contribution in [2.24, 2.45) is 0 Å². The van der Waals surface area contributed by atoms with Crippen molar-refractivity contribution in [3.8, 4) is 0 Å². The van der Waals surface area contributed by atoms with Gasteiger partial charge in [0.2, 0.25) is 0 Å². The topological polar surface area (TPSA) is 29.3 Å². The zero-order valence-electron chi connectivity index (χ0n) is 13.2. The number of carbonyl (C=O) groups excluding carboxylic acids is 1. The predicted octanol–water partition coefficient (Wildman–Crippen LogP) is 2.57. The van der Waals surface area contributed by atoms with Gasteiger partial charge in [-0.2, -0.15) is 0 Å². The van der Waals surface area contributed by atoms with Gasteiger partial charge in [0.1, 0.15) is 13.2 Å². The number of esters is 1. The number of nitrogens with zero attached hydrogens (tertiary/aromatic N) is 1. The van der Waals surface area contributed by atoms with Gasteiger partial charge in [0.05, 0.1) is 13.7 Å². The molecule has 3 rings (SSSR count). The van der Waals surface area contributed by atoms with Crippen LogP contribution in [0.2, 0.25) is 13.1 Å². The maximum absolute atomic E-state index is 12.7. The molecule has 0 radical (unpaired) electrons. The first kappa shape index (κ1) is 14.8. The molecule has 0 N–H and O–H groups in total. The van der Waals surface area contributed by atoms with Gasteiger partial charge in [0, 0.05) is 5.69 Å². The van der Waals surface area contributed by atoms with E-state index in [-0.39, 0.29) is 5.97 Å². The number of hydrogen-bond donors (Lipinski definition) is 0. The highest BCUT2D eigenvalue weighted by molar-refractivity contribution is 6.96. The van der Waals surface area contributed by atoms with Gasteiger partial charge in [-0.15, -0.1) is 0 Å². The fourth-order valence-corrected chi connectivity index (χ4v) is 6.81. The van der Waals surface area contributed by atoms with E-state index < -0.39 is 13.2 Å². The van der Waals surface area contributed by atoms with Gasteiger partial charge in [-0.25, -0.2) is 4.79 Å². The van der Waals surface area contributed by atoms with Crippen LogP contribution >= 0.6 is 0 Å². The van der Waals surface area contributed by atoms with E-state index in [2.05, 4.69) is 42.3 Å². The minimum Gasteiger partial charge on any atom is -0.467 e. The van der Waals surface area contributed by atoms with E-state index in [1.165, 1.54) is 12.3 Å². The fourth-order valence-electron chi connectivity index (χ4n) is 3.34. The van der Waals surface area contributed by atoms with Crippen LogP contribution < -0.4 is 10.1 Å². The molecular formula is C18H21NO2Si. The first-order chi connectivity index (χ1) is 10.5. The van der Waals surface area contributed by atoms with Crippen molar-refractivity contribution in [1.29, 1.82) is 0 Å². The number of benzene rings is 2. The zero-order chi connectivity index (χ0) is 15.8. The lowest BCUT2D eigenvalue weighted by molar-refractivity contribution is -0.141. The molecule has 0 aromatic heterocycles. The summed E-state index contributed by atoms with van der Waals surface area (Å²) in [6.45, 7) is 5.24. The second kappa shape index (κ2) is 5.28. The van der Waals surface area contributed by atoms with Crippen LogP contribution in [0.4, 0.5) is 5.69 Å². The van der Waals surface area contributed by atoms with Gasteiger partial charge in [-0.3, -0.25) is 0 Å². The van der Waals surface area contributed by atoms with Crippen LogP contribution in [-0.4, -0.2) is 32.9 Å². The molecule has 1 aliphatic heterocycles. The molecule has 1 atom stereocenters. The average Bonchev–Trinajstić information content (AvgIpc) is 3.33. The first-order valence-electron chi connectivity index (χ1n) is 7.50. The second-order valence-electron chi connectivity index (χ2n) is 6.26. The van der Waals surface area contributed by atoms with E-state index in [0.29, 0.717) is 0 Å². The smallest absolute Gasteiger partial charge is 0.330 e. The molecule has 1 aliphatic rings. The molecule has 0 spiro atoms. The maximum atomic E-state index is 12.7. The molecule has 1 heterocycles. The number of methoxy groups -OCH3 is 1. The van der Waals surface area contributed by atoms with Crippen LogP contribution in [-0.2, 0) is 9.53 Å². The molecule has 22 heavy (non-hydrogen) atoms. The third-order valence-corrected chi connectivity index (χ3v) is 9.34. The van der Waals surface area contributed by atoms with Crippen molar-refractivity contribution in [3.05, 3.63) is 60.7 Å². The summed E-state index contributed by atoms with van der Waals surface area (Å²) in [6, 6.07) is 20.5. The van der Waals surface area contributed by atoms with E-state index in [9.17, 15) is 4.79 Å². The summed E-state index contributed by atoms with van der Waals surface area (Å²) in [5.74, 6) is -0.114. The van der Waals surface area contributed by atoms with Crippen LogP contribution in [0.1, 0.15) is 0 Å². The number of ether oxygens (including phenoxy) is 1. The normalized spacial score (nSPS) is 20.6. The van der Waals surface area contributed by atoms with E-state index in [0.717, 1.165) is 12.2 Å². The molecule has 0 bridgehead atoms. The second-order valence-corrected chi connectivity index (χ2v) is 10.9. The Kier molecular flexibility index (Phi) is 3.57. The lowest BCUT2D eigenvalue weighted by atomic mass is 10.3. The summed E-state index contributed by atoms with van der Waals surface area (Å²) >= 11 is 0. The molecule has 0 saturated carbocycles. The van der Waals surface area contributed by atoms with Crippen molar-refractivity contribution in [3.63, 3.8) is 0 Å². The Morgan fingerprint density at radius 1 is 1.05 bits per heavy atom. The zero-order valence-corrected chi connectivity index (χ0v) is 14.2. The summed E-state index contributed by atoms with van der Waals surface area (Å²) in [5.41, 5.74) is 1.09. The van der Waals surface area contributed by atoms with Gasteiger partial charge >= 0.3 is 5.97 Å². The molecule has 3 nitrogen and oxygen atoms in total. The van der Waals surface area contributed by atoms with Gasteiger partial charge < -0.3 is 9.64 Å². The third-order valence-electron chi connectivity index (χ3n) is 4.86. The Bertz CT molecular complexity index is 672. The highest BCUT2D eigenvalue weighted by atomic mass is 28.3. The molecule has 0 amide bonds. The third kappa shape index (κ3) is 2.06. The molecular weight excluding hydrogens is 290 g/mol. The minimum atomic E-state index is -2.07. The van der Waals surface area contributed by atoms with E-state index in [1.807, 2.05) is 36.4 Å². The minimum absolute atomic E-state index is 0.114. The van der Waals surface area contributed by atoms with Crippen molar-refractivity contribution >= 4 is 24.9 Å². The van der Waals surface area contributed by atoms with Crippen molar-refractivity contribution in [2.45, 2.75) is 18.3 Å². The molecule has 2 aromatic rings. The largest absolute Gasteiger partial charge is 0.467 e. The molecule has 4 heteroatoms. The molecule has 1 fully saturated rings. The van der Waals surface area contributed by atoms with Crippen LogP contribution in [0, 0.1) is 0 Å². The van der Waals surface area contributed by atoms with Crippen molar-refractivity contribution in [1.82, 2.24) is 0 Å². The van der Waals surface area contributed by atoms with Crippen LogP contribution in [0.15, 0.2) is 60.7 Å². The fraction of sp³-hybridized carbons (Fsp3) is 0.278. The standard InChI is InChI=1S/C18H21NO2Si/c1-21-17(20)18(14-19(18)15-10-6-4-7-11-15)22(2,3)16-12-8-5-9-13-16/h4-13H,14H2,1-3H3. The molecule has 2 aromatic carbocycles. The Morgan fingerprint density at radius 3 is 2.14 bits per heavy atom. The molecule has 1 saturated heterocycles. The quantitative estimate of drug-likeness (QED) is 0.494. The maximum Gasteiger partial charge on any atom is 0.330 e. The Morgan fingerprint density at radius 2 is 1.59 bits per heavy atom. The highest BCUT2D eigenvalue weighted by Gasteiger charge is 2.69. The van der Waals surface area contributed by atoms with E-state index in [4.69, 9.17) is 4.74 Å². The number of para-hydroxylation sites is 1. The Balaban J connectivity index is 2.05. The summed E-state index contributed by atoms with van der Waals surface area (Å²) in [6.07, 6.45) is 0. The highest BCUT2D eigenvalue weighted by Crippen LogP contribution is 2.45. The van der Waals surface area contributed by atoms with E-state index >= 15 is 0 Å². The number of anilines is 1. The lowest BCUT2D eigenvalue weighted by Crippen LogP contribution is -2.61. The molecule has 0 aliphatic carbocycles.